The monoisotopic (exact) mass is 233 g/mol. The molecule has 0 bridgehead atoms. The van der Waals surface area contributed by atoms with E-state index in [0.29, 0.717) is 26.2 Å². The third-order valence-corrected chi connectivity index (χ3v) is 2.16. The summed E-state index contributed by atoms with van der Waals surface area (Å²) < 4.78 is 9.98. The molecule has 1 amide bonds. The van der Waals surface area contributed by atoms with Crippen LogP contribution >= 0.6 is 0 Å². The van der Waals surface area contributed by atoms with Gasteiger partial charge in [0.1, 0.15) is 6.61 Å². The summed E-state index contributed by atoms with van der Waals surface area (Å²) in [6, 6.07) is 0.130. The van der Waals surface area contributed by atoms with Gasteiger partial charge in [0.25, 0.3) is 0 Å². The number of hydrogen-bond acceptors (Lipinski definition) is 4. The maximum absolute atomic E-state index is 11.7. The van der Waals surface area contributed by atoms with E-state index < -0.39 is 0 Å². The lowest BCUT2D eigenvalue weighted by molar-refractivity contribution is -0.138. The lowest BCUT2D eigenvalue weighted by Gasteiger charge is -2.26. The molecule has 0 spiro atoms. The molecule has 5 heteroatoms. The third-order valence-electron chi connectivity index (χ3n) is 2.16. The van der Waals surface area contributed by atoms with Gasteiger partial charge in [0.05, 0.1) is 13.2 Å². The lowest BCUT2D eigenvalue weighted by atomic mass is 10.3. The Morgan fingerprint density at radius 2 is 2.06 bits per heavy atom. The minimum absolute atomic E-state index is 0.0421. The largest absolute Gasteiger partial charge is 0.396 e. The summed E-state index contributed by atoms with van der Waals surface area (Å²) in [6.07, 6.45) is 0.599. The molecule has 0 heterocycles. The predicted octanol–water partition coefficient (Wildman–Crippen LogP) is 0.269. The van der Waals surface area contributed by atoms with Crippen molar-refractivity contribution in [3.8, 4) is 0 Å². The number of aliphatic hydroxyl groups excluding tert-OH is 1. The van der Waals surface area contributed by atoms with Crippen LogP contribution in [0.4, 0.5) is 0 Å². The van der Waals surface area contributed by atoms with E-state index in [9.17, 15) is 4.79 Å². The molecule has 5 nitrogen and oxygen atoms in total. The summed E-state index contributed by atoms with van der Waals surface area (Å²) in [6.45, 7) is 5.56. The minimum atomic E-state index is -0.0421. The van der Waals surface area contributed by atoms with Crippen molar-refractivity contribution in [3.05, 3.63) is 0 Å². The van der Waals surface area contributed by atoms with E-state index in [1.54, 1.807) is 12.0 Å². The Balaban J connectivity index is 3.87. The van der Waals surface area contributed by atoms with Crippen molar-refractivity contribution in [2.75, 3.05) is 40.1 Å². The van der Waals surface area contributed by atoms with Gasteiger partial charge < -0.3 is 19.5 Å². The van der Waals surface area contributed by atoms with Gasteiger partial charge in [-0.25, -0.2) is 0 Å². The number of rotatable bonds is 9. The fraction of sp³-hybridized carbons (Fsp3) is 0.909. The Morgan fingerprint density at radius 1 is 1.38 bits per heavy atom. The molecule has 0 aromatic rings. The van der Waals surface area contributed by atoms with E-state index in [0.717, 1.165) is 0 Å². The van der Waals surface area contributed by atoms with Crippen molar-refractivity contribution in [1.82, 2.24) is 4.90 Å². The molecule has 0 radical (unpaired) electrons. The van der Waals surface area contributed by atoms with E-state index in [1.807, 2.05) is 13.8 Å². The zero-order chi connectivity index (χ0) is 12.4. The summed E-state index contributed by atoms with van der Waals surface area (Å²) in [4.78, 5) is 13.4. The van der Waals surface area contributed by atoms with Gasteiger partial charge in [0.2, 0.25) is 5.91 Å². The number of nitrogens with zero attached hydrogens (tertiary/aromatic N) is 1. The Hall–Kier alpha value is -0.650. The number of methoxy groups -OCH3 is 1. The second-order valence-corrected chi connectivity index (χ2v) is 3.80. The van der Waals surface area contributed by atoms with Crippen LogP contribution in [0.2, 0.25) is 0 Å². The zero-order valence-corrected chi connectivity index (χ0v) is 10.4. The highest BCUT2D eigenvalue weighted by atomic mass is 16.5. The average Bonchev–Trinajstić information content (AvgIpc) is 2.24. The highest BCUT2D eigenvalue weighted by Gasteiger charge is 2.15. The zero-order valence-electron chi connectivity index (χ0n) is 10.4. The lowest BCUT2D eigenvalue weighted by Crippen LogP contribution is -2.40. The molecule has 16 heavy (non-hydrogen) atoms. The molecule has 0 atom stereocenters. The molecule has 0 aliphatic heterocycles. The van der Waals surface area contributed by atoms with Crippen LogP contribution in [0.5, 0.6) is 0 Å². The molecule has 0 saturated carbocycles. The van der Waals surface area contributed by atoms with E-state index in [4.69, 9.17) is 14.6 Å². The molecule has 0 saturated heterocycles. The Kier molecular flexibility index (Phi) is 9.18. The highest BCUT2D eigenvalue weighted by Crippen LogP contribution is 2.01. The Morgan fingerprint density at radius 3 is 2.56 bits per heavy atom. The van der Waals surface area contributed by atoms with Gasteiger partial charge in [-0.2, -0.15) is 0 Å². The average molecular weight is 233 g/mol. The van der Waals surface area contributed by atoms with Gasteiger partial charge in [-0.3, -0.25) is 4.79 Å². The first-order valence-electron chi connectivity index (χ1n) is 5.60. The maximum Gasteiger partial charge on any atom is 0.248 e. The van der Waals surface area contributed by atoms with Gasteiger partial charge in [0, 0.05) is 26.3 Å². The third kappa shape index (κ3) is 6.76. The second kappa shape index (κ2) is 9.57. The first kappa shape index (κ1) is 15.3. The smallest absolute Gasteiger partial charge is 0.248 e. The summed E-state index contributed by atoms with van der Waals surface area (Å²) in [5.74, 6) is -0.0421. The Bertz CT molecular complexity index is 185. The number of aliphatic hydroxyl groups is 1. The first-order chi connectivity index (χ1) is 7.63. The maximum atomic E-state index is 11.7. The van der Waals surface area contributed by atoms with Crippen molar-refractivity contribution in [2.24, 2.45) is 0 Å². The fourth-order valence-electron chi connectivity index (χ4n) is 1.30. The summed E-state index contributed by atoms with van der Waals surface area (Å²) >= 11 is 0. The van der Waals surface area contributed by atoms with E-state index in [-0.39, 0.29) is 25.2 Å². The van der Waals surface area contributed by atoms with Crippen molar-refractivity contribution < 1.29 is 19.4 Å². The standard InChI is InChI=1S/C11H23NO4/c1-10(2)12(5-4-6-13)11(14)9-16-8-7-15-3/h10,13H,4-9H2,1-3H3. The number of carbonyl (C=O) groups excluding carboxylic acids is 1. The van der Waals surface area contributed by atoms with Crippen LogP contribution in [-0.4, -0.2) is 62.0 Å². The number of hydrogen-bond donors (Lipinski definition) is 1. The van der Waals surface area contributed by atoms with Crippen molar-refractivity contribution in [2.45, 2.75) is 26.3 Å². The quantitative estimate of drug-likeness (QED) is 0.581. The first-order valence-corrected chi connectivity index (χ1v) is 5.60. The van der Waals surface area contributed by atoms with Crippen molar-refractivity contribution in [3.63, 3.8) is 0 Å². The molecule has 0 aromatic carbocycles. The summed E-state index contributed by atoms with van der Waals surface area (Å²) in [5.41, 5.74) is 0. The van der Waals surface area contributed by atoms with Crippen LogP contribution in [-0.2, 0) is 14.3 Å². The second-order valence-electron chi connectivity index (χ2n) is 3.80. The number of ether oxygens (including phenoxy) is 2. The molecule has 0 aliphatic carbocycles. The van der Waals surface area contributed by atoms with Crippen LogP contribution in [0.25, 0.3) is 0 Å². The number of carbonyl (C=O) groups is 1. The topological polar surface area (TPSA) is 59.0 Å². The molecule has 0 aromatic heterocycles. The van der Waals surface area contributed by atoms with E-state index in [2.05, 4.69) is 0 Å². The molecule has 1 N–H and O–H groups in total. The minimum Gasteiger partial charge on any atom is -0.396 e. The molecule has 0 rings (SSSR count). The normalized spacial score (nSPS) is 10.8. The highest BCUT2D eigenvalue weighted by molar-refractivity contribution is 5.77. The van der Waals surface area contributed by atoms with Gasteiger partial charge in [-0.15, -0.1) is 0 Å². The van der Waals surface area contributed by atoms with Crippen molar-refractivity contribution >= 4 is 5.91 Å². The van der Waals surface area contributed by atoms with Crippen LogP contribution in [0.3, 0.4) is 0 Å². The molecule has 0 fully saturated rings. The van der Waals surface area contributed by atoms with Crippen LogP contribution in [0, 0.1) is 0 Å². The van der Waals surface area contributed by atoms with Gasteiger partial charge in [-0.1, -0.05) is 0 Å². The molecular formula is C11H23NO4. The predicted molar refractivity (Wildman–Crippen MR) is 61.2 cm³/mol. The SMILES string of the molecule is COCCOCC(=O)N(CCCO)C(C)C. The van der Waals surface area contributed by atoms with Crippen molar-refractivity contribution in [1.29, 1.82) is 0 Å². The van der Waals surface area contributed by atoms with E-state index in [1.165, 1.54) is 0 Å². The molecular weight excluding hydrogens is 210 g/mol. The van der Waals surface area contributed by atoms with Crippen LogP contribution in [0.1, 0.15) is 20.3 Å². The van der Waals surface area contributed by atoms with Crippen LogP contribution in [0.15, 0.2) is 0 Å². The van der Waals surface area contributed by atoms with Gasteiger partial charge >= 0.3 is 0 Å². The number of amides is 1. The molecule has 0 unspecified atom stereocenters. The van der Waals surface area contributed by atoms with Gasteiger partial charge in [-0.05, 0) is 20.3 Å². The molecule has 96 valence electrons. The Labute approximate surface area is 97.3 Å². The summed E-state index contributed by atoms with van der Waals surface area (Å²) in [7, 11) is 1.59. The van der Waals surface area contributed by atoms with Crippen LogP contribution < -0.4 is 0 Å². The summed E-state index contributed by atoms with van der Waals surface area (Å²) in [5, 5.41) is 8.74. The molecule has 0 aliphatic rings. The van der Waals surface area contributed by atoms with Gasteiger partial charge in [0.15, 0.2) is 0 Å². The fourth-order valence-corrected chi connectivity index (χ4v) is 1.30. The van der Waals surface area contributed by atoms with E-state index >= 15 is 0 Å².